The topological polar surface area (TPSA) is 37.3 Å². The molecule has 0 aliphatic heterocycles. The van der Waals surface area contributed by atoms with Crippen LogP contribution in [0.4, 0.5) is 4.39 Å². The Morgan fingerprint density at radius 2 is 1.78 bits per heavy atom. The predicted octanol–water partition coefficient (Wildman–Crippen LogP) is 4.50. The van der Waals surface area contributed by atoms with Crippen molar-refractivity contribution in [3.63, 3.8) is 0 Å². The van der Waals surface area contributed by atoms with E-state index in [1.54, 1.807) is 6.07 Å². The Morgan fingerprint density at radius 3 is 2.39 bits per heavy atom. The molecule has 0 heterocycles. The second-order valence-corrected chi connectivity index (χ2v) is 4.44. The molecule has 0 unspecified atom stereocenters. The fourth-order valence-corrected chi connectivity index (χ4v) is 1.90. The highest BCUT2D eigenvalue weighted by molar-refractivity contribution is 6.42. The van der Waals surface area contributed by atoms with E-state index in [-0.39, 0.29) is 16.1 Å². The van der Waals surface area contributed by atoms with Gasteiger partial charge in [-0.1, -0.05) is 29.3 Å². The van der Waals surface area contributed by atoms with E-state index in [0.29, 0.717) is 10.6 Å². The van der Waals surface area contributed by atoms with Gasteiger partial charge in [-0.05, 0) is 41.5 Å². The normalized spacial score (nSPS) is 10.4. The van der Waals surface area contributed by atoms with Gasteiger partial charge in [0, 0.05) is 0 Å². The molecule has 0 aliphatic carbocycles. The smallest absolute Gasteiger partial charge is 0.336 e. The fraction of sp³-hybridized carbons (Fsp3) is 0. The molecule has 0 atom stereocenters. The molecule has 2 rings (SSSR count). The minimum atomic E-state index is -1.13. The second-order valence-electron chi connectivity index (χ2n) is 3.62. The van der Waals surface area contributed by atoms with Gasteiger partial charge in [0.25, 0.3) is 0 Å². The van der Waals surface area contributed by atoms with Gasteiger partial charge in [0.05, 0.1) is 15.6 Å². The van der Waals surface area contributed by atoms with Crippen LogP contribution in [0.25, 0.3) is 11.1 Å². The summed E-state index contributed by atoms with van der Waals surface area (Å²) in [7, 11) is 0. The maximum Gasteiger partial charge on any atom is 0.336 e. The zero-order valence-corrected chi connectivity index (χ0v) is 10.5. The van der Waals surface area contributed by atoms with Crippen LogP contribution in [0.5, 0.6) is 0 Å². The molecule has 0 aromatic heterocycles. The maximum atomic E-state index is 13.2. The Hall–Kier alpha value is -1.58. The lowest BCUT2D eigenvalue weighted by Gasteiger charge is -2.07. The summed E-state index contributed by atoms with van der Waals surface area (Å²) in [6, 6.07) is 8.11. The van der Waals surface area contributed by atoms with Crippen LogP contribution in [-0.4, -0.2) is 11.1 Å². The number of halogens is 3. The Balaban J connectivity index is 2.65. The van der Waals surface area contributed by atoms with Gasteiger partial charge in [-0.25, -0.2) is 9.18 Å². The molecule has 0 amide bonds. The molecule has 92 valence electrons. The van der Waals surface area contributed by atoms with Crippen molar-refractivity contribution in [2.45, 2.75) is 0 Å². The van der Waals surface area contributed by atoms with Gasteiger partial charge in [-0.15, -0.1) is 0 Å². The first kappa shape index (κ1) is 12.9. The van der Waals surface area contributed by atoms with Gasteiger partial charge in [0.15, 0.2) is 0 Å². The summed E-state index contributed by atoms with van der Waals surface area (Å²) in [5.74, 6) is -1.64. The van der Waals surface area contributed by atoms with Crippen LogP contribution in [0.3, 0.4) is 0 Å². The van der Waals surface area contributed by atoms with Crippen molar-refractivity contribution >= 4 is 29.2 Å². The monoisotopic (exact) mass is 284 g/mol. The number of carboxylic acid groups (broad SMARTS) is 1. The molecule has 2 aromatic carbocycles. The third-order valence-electron chi connectivity index (χ3n) is 2.44. The van der Waals surface area contributed by atoms with Crippen LogP contribution in [0.15, 0.2) is 36.4 Å². The number of hydrogen-bond donors (Lipinski definition) is 1. The Kier molecular flexibility index (Phi) is 3.55. The number of benzene rings is 2. The van der Waals surface area contributed by atoms with Crippen molar-refractivity contribution in [3.05, 3.63) is 57.8 Å². The van der Waals surface area contributed by atoms with Crippen LogP contribution in [0, 0.1) is 5.82 Å². The molecule has 0 aliphatic rings. The van der Waals surface area contributed by atoms with Gasteiger partial charge in [0.2, 0.25) is 0 Å². The first-order valence-electron chi connectivity index (χ1n) is 4.97. The van der Waals surface area contributed by atoms with Crippen molar-refractivity contribution in [1.82, 2.24) is 0 Å². The highest BCUT2D eigenvalue weighted by Gasteiger charge is 2.13. The van der Waals surface area contributed by atoms with E-state index in [9.17, 15) is 9.18 Å². The average Bonchev–Trinajstić information content (AvgIpc) is 2.32. The van der Waals surface area contributed by atoms with Gasteiger partial charge < -0.3 is 5.11 Å². The van der Waals surface area contributed by atoms with Crippen LogP contribution < -0.4 is 0 Å². The van der Waals surface area contributed by atoms with E-state index < -0.39 is 11.8 Å². The van der Waals surface area contributed by atoms with Crippen molar-refractivity contribution in [2.24, 2.45) is 0 Å². The minimum Gasteiger partial charge on any atom is -0.478 e. The molecule has 0 fully saturated rings. The highest BCUT2D eigenvalue weighted by Crippen LogP contribution is 2.30. The minimum absolute atomic E-state index is 0.00906. The van der Waals surface area contributed by atoms with Crippen LogP contribution in [0.1, 0.15) is 10.4 Å². The van der Waals surface area contributed by atoms with Crippen LogP contribution in [-0.2, 0) is 0 Å². The summed E-state index contributed by atoms with van der Waals surface area (Å²) >= 11 is 11.6. The van der Waals surface area contributed by atoms with Crippen LogP contribution >= 0.6 is 23.2 Å². The van der Waals surface area contributed by atoms with Gasteiger partial charge in [-0.3, -0.25) is 0 Å². The van der Waals surface area contributed by atoms with Crippen molar-refractivity contribution in [1.29, 1.82) is 0 Å². The van der Waals surface area contributed by atoms with E-state index in [1.165, 1.54) is 18.2 Å². The summed E-state index contributed by atoms with van der Waals surface area (Å²) < 4.78 is 13.2. The number of aromatic carboxylic acids is 1. The Labute approximate surface area is 113 Å². The van der Waals surface area contributed by atoms with Crippen molar-refractivity contribution in [3.8, 4) is 11.1 Å². The summed E-state index contributed by atoms with van der Waals surface area (Å²) in [6.07, 6.45) is 0. The van der Waals surface area contributed by atoms with E-state index >= 15 is 0 Å². The molecule has 1 N–H and O–H groups in total. The Morgan fingerprint density at radius 1 is 1.06 bits per heavy atom. The van der Waals surface area contributed by atoms with Crippen molar-refractivity contribution < 1.29 is 14.3 Å². The molecule has 5 heteroatoms. The molecule has 0 saturated heterocycles. The number of rotatable bonds is 2. The lowest BCUT2D eigenvalue weighted by molar-refractivity contribution is 0.0697. The number of hydrogen-bond acceptors (Lipinski definition) is 1. The lowest BCUT2D eigenvalue weighted by atomic mass is 9.99. The summed E-state index contributed by atoms with van der Waals surface area (Å²) in [6.45, 7) is 0. The third-order valence-corrected chi connectivity index (χ3v) is 3.18. The molecule has 18 heavy (non-hydrogen) atoms. The number of carbonyl (C=O) groups is 1. The first-order valence-corrected chi connectivity index (χ1v) is 5.73. The quantitative estimate of drug-likeness (QED) is 0.882. The molecule has 0 radical (unpaired) electrons. The number of carboxylic acids is 1. The SMILES string of the molecule is O=C(O)c1ccc(F)cc1-c1ccc(Cl)c(Cl)c1. The van der Waals surface area contributed by atoms with Gasteiger partial charge >= 0.3 is 5.97 Å². The fourth-order valence-electron chi connectivity index (χ4n) is 1.61. The molecule has 0 spiro atoms. The van der Waals surface area contributed by atoms with Crippen molar-refractivity contribution in [2.75, 3.05) is 0 Å². The molecule has 0 saturated carbocycles. The standard InChI is InChI=1S/C13H7Cl2FO2/c14-11-4-1-7(5-12(11)15)10-6-8(16)2-3-9(10)13(17)18/h1-6H,(H,17,18). The summed E-state index contributed by atoms with van der Waals surface area (Å²) in [5.41, 5.74) is 0.775. The third kappa shape index (κ3) is 2.47. The van der Waals surface area contributed by atoms with E-state index in [2.05, 4.69) is 0 Å². The molecule has 0 bridgehead atoms. The van der Waals surface area contributed by atoms with Gasteiger partial charge in [0.1, 0.15) is 5.82 Å². The molecule has 2 nitrogen and oxygen atoms in total. The zero-order valence-electron chi connectivity index (χ0n) is 8.95. The molecule has 2 aromatic rings. The largest absolute Gasteiger partial charge is 0.478 e. The average molecular weight is 285 g/mol. The van der Waals surface area contributed by atoms with E-state index in [1.807, 2.05) is 0 Å². The Bertz CT molecular complexity index is 626. The highest BCUT2D eigenvalue weighted by atomic mass is 35.5. The first-order chi connectivity index (χ1) is 8.49. The zero-order chi connectivity index (χ0) is 13.3. The summed E-state index contributed by atoms with van der Waals surface area (Å²) in [5, 5.41) is 9.70. The van der Waals surface area contributed by atoms with E-state index in [0.717, 1.165) is 12.1 Å². The lowest BCUT2D eigenvalue weighted by Crippen LogP contribution is -2.00. The second kappa shape index (κ2) is 4.96. The van der Waals surface area contributed by atoms with Gasteiger partial charge in [-0.2, -0.15) is 0 Å². The molecular weight excluding hydrogens is 278 g/mol. The maximum absolute atomic E-state index is 13.2. The predicted molar refractivity (Wildman–Crippen MR) is 68.8 cm³/mol. The van der Waals surface area contributed by atoms with E-state index in [4.69, 9.17) is 28.3 Å². The summed E-state index contributed by atoms with van der Waals surface area (Å²) in [4.78, 5) is 11.1. The van der Waals surface area contributed by atoms with Crippen LogP contribution in [0.2, 0.25) is 10.0 Å². The molecular formula is C13H7Cl2FO2.